The molecule has 8 heteroatoms. The van der Waals surface area contributed by atoms with Crippen LogP contribution < -0.4 is 10.1 Å². The molecule has 0 radical (unpaired) electrons. The third kappa shape index (κ3) is 7.29. The predicted octanol–water partition coefficient (Wildman–Crippen LogP) is 4.95. The van der Waals surface area contributed by atoms with E-state index in [1.165, 1.54) is 17.0 Å². The van der Waals surface area contributed by atoms with E-state index in [9.17, 15) is 14.0 Å². The zero-order valence-electron chi connectivity index (χ0n) is 17.0. The van der Waals surface area contributed by atoms with Crippen LogP contribution >= 0.6 is 27.5 Å². The van der Waals surface area contributed by atoms with Crippen molar-refractivity contribution in [2.45, 2.75) is 39.3 Å². The van der Waals surface area contributed by atoms with Crippen molar-refractivity contribution < 1.29 is 18.7 Å². The summed E-state index contributed by atoms with van der Waals surface area (Å²) in [5, 5.41) is 3.38. The fraction of sp³-hybridized carbons (Fsp3) is 0.364. The molecule has 0 fully saturated rings. The van der Waals surface area contributed by atoms with Crippen LogP contribution in [0.1, 0.15) is 32.3 Å². The number of nitrogens with one attached hydrogen (secondary N) is 1. The smallest absolute Gasteiger partial charge is 0.261 e. The van der Waals surface area contributed by atoms with Gasteiger partial charge in [-0.25, -0.2) is 4.39 Å². The predicted molar refractivity (Wildman–Crippen MR) is 119 cm³/mol. The highest BCUT2D eigenvalue weighted by atomic mass is 79.9. The van der Waals surface area contributed by atoms with Crippen molar-refractivity contribution in [2.75, 3.05) is 13.2 Å². The van der Waals surface area contributed by atoms with Crippen LogP contribution in [0.25, 0.3) is 0 Å². The van der Waals surface area contributed by atoms with Crippen LogP contribution in [0.2, 0.25) is 5.02 Å². The summed E-state index contributed by atoms with van der Waals surface area (Å²) in [6.07, 6.45) is 1.81. The molecule has 0 saturated carbocycles. The molecule has 1 N–H and O–H groups in total. The summed E-state index contributed by atoms with van der Waals surface area (Å²) < 4.78 is 19.5. The second-order valence-electron chi connectivity index (χ2n) is 6.83. The molecule has 0 heterocycles. The molecule has 2 rings (SSSR count). The fourth-order valence-corrected chi connectivity index (χ4v) is 3.52. The highest BCUT2D eigenvalue weighted by molar-refractivity contribution is 9.10. The summed E-state index contributed by atoms with van der Waals surface area (Å²) >= 11 is 9.28. The van der Waals surface area contributed by atoms with Crippen molar-refractivity contribution >= 4 is 39.3 Å². The molecule has 0 aliphatic carbocycles. The maximum atomic E-state index is 13.2. The third-order valence-electron chi connectivity index (χ3n) is 4.51. The molecular weight excluding hydrogens is 475 g/mol. The van der Waals surface area contributed by atoms with Crippen molar-refractivity contribution in [1.29, 1.82) is 0 Å². The molecule has 0 saturated heterocycles. The van der Waals surface area contributed by atoms with Crippen molar-refractivity contribution in [3.8, 4) is 5.75 Å². The van der Waals surface area contributed by atoms with Gasteiger partial charge in [0.15, 0.2) is 6.61 Å². The third-order valence-corrected chi connectivity index (χ3v) is 5.36. The monoisotopic (exact) mass is 498 g/mol. The van der Waals surface area contributed by atoms with Gasteiger partial charge in [-0.3, -0.25) is 9.59 Å². The van der Waals surface area contributed by atoms with E-state index in [1.807, 2.05) is 6.92 Å². The fourth-order valence-electron chi connectivity index (χ4n) is 2.72. The van der Waals surface area contributed by atoms with E-state index in [0.717, 1.165) is 12.8 Å². The summed E-state index contributed by atoms with van der Waals surface area (Å²) in [4.78, 5) is 26.9. The number of benzene rings is 2. The molecule has 0 bridgehead atoms. The van der Waals surface area contributed by atoms with Crippen molar-refractivity contribution in [3.05, 3.63) is 63.3 Å². The van der Waals surface area contributed by atoms with Gasteiger partial charge in [0, 0.05) is 18.1 Å². The van der Waals surface area contributed by atoms with Crippen LogP contribution in [0.3, 0.4) is 0 Å². The maximum absolute atomic E-state index is 13.2. The molecule has 162 valence electrons. The zero-order valence-corrected chi connectivity index (χ0v) is 19.3. The second-order valence-corrected chi connectivity index (χ2v) is 8.12. The minimum absolute atomic E-state index is 0.159. The van der Waals surface area contributed by atoms with E-state index in [-0.39, 0.29) is 30.8 Å². The standard InChI is InChI=1S/C22H25BrClFN2O3/c1-3-4-11-26-22(29)15(2)27(13-16-5-8-18(25)9-6-16)21(28)14-30-20-10-7-17(24)12-19(20)23/h5-10,12,15H,3-4,11,13-14H2,1-2H3,(H,26,29)/t15-/m1/s1. The molecule has 2 aromatic carbocycles. The number of nitrogens with zero attached hydrogens (tertiary/aromatic N) is 1. The van der Waals surface area contributed by atoms with Gasteiger partial charge >= 0.3 is 0 Å². The molecule has 2 amide bonds. The SMILES string of the molecule is CCCCNC(=O)[C@@H](C)N(Cc1ccc(F)cc1)C(=O)COc1ccc(Cl)cc1Br. The first kappa shape index (κ1) is 24.2. The quantitative estimate of drug-likeness (QED) is 0.470. The summed E-state index contributed by atoms with van der Waals surface area (Å²) in [7, 11) is 0. The number of amides is 2. The Bertz CT molecular complexity index is 864. The van der Waals surface area contributed by atoms with E-state index >= 15 is 0 Å². The van der Waals surface area contributed by atoms with Gasteiger partial charge < -0.3 is 15.0 Å². The summed E-state index contributed by atoms with van der Waals surface area (Å²) in [6.45, 7) is 4.15. The molecule has 0 unspecified atom stereocenters. The van der Waals surface area contributed by atoms with Gasteiger partial charge in [-0.1, -0.05) is 37.1 Å². The Morgan fingerprint density at radius 2 is 1.93 bits per heavy atom. The normalized spacial score (nSPS) is 11.6. The first-order valence-electron chi connectivity index (χ1n) is 9.71. The lowest BCUT2D eigenvalue weighted by Crippen LogP contribution is -2.49. The molecule has 5 nitrogen and oxygen atoms in total. The Hall–Kier alpha value is -2.12. The summed E-state index contributed by atoms with van der Waals surface area (Å²) in [5.41, 5.74) is 0.714. The molecule has 2 aromatic rings. The van der Waals surface area contributed by atoms with Crippen LogP contribution in [0.15, 0.2) is 46.9 Å². The lowest BCUT2D eigenvalue weighted by atomic mass is 10.1. The highest BCUT2D eigenvalue weighted by Gasteiger charge is 2.26. The number of unbranched alkanes of at least 4 members (excludes halogenated alkanes) is 1. The average Bonchev–Trinajstić information content (AvgIpc) is 2.72. The van der Waals surface area contributed by atoms with Crippen LogP contribution in [0, 0.1) is 5.82 Å². The maximum Gasteiger partial charge on any atom is 0.261 e. The second kappa shape index (κ2) is 11.9. The molecule has 0 aromatic heterocycles. The highest BCUT2D eigenvalue weighted by Crippen LogP contribution is 2.28. The summed E-state index contributed by atoms with van der Waals surface area (Å²) in [5.74, 6) is -0.502. The van der Waals surface area contributed by atoms with Crippen LogP contribution in [0.5, 0.6) is 5.75 Å². The van der Waals surface area contributed by atoms with E-state index in [0.29, 0.717) is 27.4 Å². The number of halogens is 3. The number of carbonyl (C=O) groups excluding carboxylic acids is 2. The Balaban J connectivity index is 2.12. The van der Waals surface area contributed by atoms with Crippen LogP contribution in [-0.2, 0) is 16.1 Å². The van der Waals surface area contributed by atoms with E-state index in [1.54, 1.807) is 37.3 Å². The van der Waals surface area contributed by atoms with E-state index in [4.69, 9.17) is 16.3 Å². The van der Waals surface area contributed by atoms with Gasteiger partial charge in [0.2, 0.25) is 5.91 Å². The number of rotatable bonds is 10. The molecular formula is C22H25BrClFN2O3. The largest absolute Gasteiger partial charge is 0.483 e. The van der Waals surface area contributed by atoms with Crippen molar-refractivity contribution in [1.82, 2.24) is 10.2 Å². The Kier molecular flexibility index (Phi) is 9.59. The number of hydrogen-bond donors (Lipinski definition) is 1. The first-order chi connectivity index (χ1) is 14.3. The van der Waals surface area contributed by atoms with Crippen molar-refractivity contribution in [3.63, 3.8) is 0 Å². The molecule has 0 aliphatic rings. The minimum atomic E-state index is -0.711. The van der Waals surface area contributed by atoms with Gasteiger partial charge in [0.25, 0.3) is 5.91 Å². The van der Waals surface area contributed by atoms with Gasteiger partial charge in [-0.2, -0.15) is 0 Å². The van der Waals surface area contributed by atoms with Crippen LogP contribution in [-0.4, -0.2) is 35.9 Å². The number of carbonyl (C=O) groups is 2. The number of hydrogen-bond acceptors (Lipinski definition) is 3. The van der Waals surface area contributed by atoms with Gasteiger partial charge in [0.1, 0.15) is 17.6 Å². The molecule has 0 aliphatic heterocycles. The zero-order chi connectivity index (χ0) is 22.1. The van der Waals surface area contributed by atoms with Crippen LogP contribution in [0.4, 0.5) is 4.39 Å². The Morgan fingerprint density at radius 1 is 1.23 bits per heavy atom. The van der Waals surface area contributed by atoms with E-state index in [2.05, 4.69) is 21.2 Å². The van der Waals surface area contributed by atoms with Gasteiger partial charge in [-0.15, -0.1) is 0 Å². The van der Waals surface area contributed by atoms with Crippen molar-refractivity contribution in [2.24, 2.45) is 0 Å². The first-order valence-corrected chi connectivity index (χ1v) is 10.9. The number of ether oxygens (including phenoxy) is 1. The molecule has 0 spiro atoms. The van der Waals surface area contributed by atoms with Gasteiger partial charge in [0.05, 0.1) is 4.47 Å². The van der Waals surface area contributed by atoms with E-state index < -0.39 is 6.04 Å². The van der Waals surface area contributed by atoms with Gasteiger partial charge in [-0.05, 0) is 65.2 Å². The molecule has 30 heavy (non-hydrogen) atoms. The summed E-state index contributed by atoms with van der Waals surface area (Å²) in [6, 6.07) is 10.1. The lowest BCUT2D eigenvalue weighted by molar-refractivity contribution is -0.142. The molecule has 1 atom stereocenters. The average molecular weight is 500 g/mol. The Morgan fingerprint density at radius 3 is 2.57 bits per heavy atom. The Labute approximate surface area is 189 Å². The minimum Gasteiger partial charge on any atom is -0.483 e. The lowest BCUT2D eigenvalue weighted by Gasteiger charge is -2.29. The topological polar surface area (TPSA) is 58.6 Å².